The largest absolute Gasteiger partial charge is 0.483 e. The highest BCUT2D eigenvalue weighted by Crippen LogP contribution is 2.26. The summed E-state index contributed by atoms with van der Waals surface area (Å²) in [5, 5.41) is 7.41. The maximum absolute atomic E-state index is 12.1. The number of rotatable bonds is 8. The molecular weight excluding hydrogens is 517 g/mol. The SMILES string of the molecule is O=C(Cc1ccccc1)N/N=C/c1ccc(OCC(=O)Nc2ccc(Cl)c(Cl)c2)c(Br)c1. The van der Waals surface area contributed by atoms with Gasteiger partial charge in [-0.25, -0.2) is 5.43 Å². The first-order chi connectivity index (χ1) is 15.4. The van der Waals surface area contributed by atoms with Gasteiger partial charge in [-0.2, -0.15) is 5.10 Å². The van der Waals surface area contributed by atoms with E-state index in [-0.39, 0.29) is 24.8 Å². The Morgan fingerprint density at radius 2 is 1.75 bits per heavy atom. The van der Waals surface area contributed by atoms with Gasteiger partial charge in [0.05, 0.1) is 27.2 Å². The number of nitrogens with one attached hydrogen (secondary N) is 2. The number of halogens is 3. The number of benzene rings is 3. The fraction of sp³-hybridized carbons (Fsp3) is 0.0870. The van der Waals surface area contributed by atoms with Crippen LogP contribution in [0, 0.1) is 0 Å². The maximum atomic E-state index is 12.1. The summed E-state index contributed by atoms with van der Waals surface area (Å²) in [5.41, 5.74) is 4.67. The zero-order chi connectivity index (χ0) is 22.9. The van der Waals surface area contributed by atoms with Crippen molar-refractivity contribution in [2.45, 2.75) is 6.42 Å². The Morgan fingerprint density at radius 1 is 0.969 bits per heavy atom. The normalized spacial score (nSPS) is 10.7. The van der Waals surface area contributed by atoms with Crippen LogP contribution < -0.4 is 15.5 Å². The molecule has 0 heterocycles. The van der Waals surface area contributed by atoms with Crippen LogP contribution in [-0.4, -0.2) is 24.6 Å². The van der Waals surface area contributed by atoms with Gasteiger partial charge >= 0.3 is 0 Å². The Bertz CT molecular complexity index is 1140. The molecular formula is C23H18BrCl2N3O3. The lowest BCUT2D eigenvalue weighted by atomic mass is 10.1. The van der Waals surface area contributed by atoms with Crippen molar-refractivity contribution in [2.75, 3.05) is 11.9 Å². The summed E-state index contributed by atoms with van der Waals surface area (Å²) in [7, 11) is 0. The van der Waals surface area contributed by atoms with Crippen molar-refractivity contribution < 1.29 is 14.3 Å². The molecule has 3 aromatic carbocycles. The Labute approximate surface area is 203 Å². The van der Waals surface area contributed by atoms with Gasteiger partial charge in [0.1, 0.15) is 5.75 Å². The van der Waals surface area contributed by atoms with Gasteiger partial charge in [-0.15, -0.1) is 0 Å². The molecule has 6 nitrogen and oxygen atoms in total. The third-order valence-electron chi connectivity index (χ3n) is 4.13. The number of hydrazone groups is 1. The minimum atomic E-state index is -0.345. The number of ether oxygens (including phenoxy) is 1. The Morgan fingerprint density at radius 3 is 2.47 bits per heavy atom. The van der Waals surface area contributed by atoms with E-state index in [9.17, 15) is 9.59 Å². The number of carbonyl (C=O) groups excluding carboxylic acids is 2. The van der Waals surface area contributed by atoms with Gasteiger partial charge in [0, 0.05) is 5.69 Å². The van der Waals surface area contributed by atoms with Crippen LogP contribution in [0.3, 0.4) is 0 Å². The first-order valence-corrected chi connectivity index (χ1v) is 11.0. The number of amides is 2. The smallest absolute Gasteiger partial charge is 0.262 e. The van der Waals surface area contributed by atoms with Crippen molar-refractivity contribution in [1.29, 1.82) is 0 Å². The minimum absolute atomic E-state index is 0.193. The standard InChI is InChI=1S/C23H18BrCl2N3O3/c24-18-10-16(13-27-29-22(30)11-15-4-2-1-3-5-15)6-9-21(18)32-14-23(31)28-17-7-8-19(25)20(26)12-17/h1-10,12-13H,11,14H2,(H,28,31)(H,29,30)/b27-13+. The van der Waals surface area contributed by atoms with Crippen LogP contribution in [0.2, 0.25) is 10.0 Å². The van der Waals surface area contributed by atoms with Gasteiger partial charge < -0.3 is 10.1 Å². The van der Waals surface area contributed by atoms with Gasteiger partial charge in [-0.05, 0) is 63.5 Å². The molecule has 3 rings (SSSR count). The highest BCUT2D eigenvalue weighted by Gasteiger charge is 2.08. The lowest BCUT2D eigenvalue weighted by Gasteiger charge is -2.10. The van der Waals surface area contributed by atoms with E-state index in [1.165, 1.54) is 6.21 Å². The Hall–Kier alpha value is -2.87. The minimum Gasteiger partial charge on any atom is -0.483 e. The highest BCUT2D eigenvalue weighted by atomic mass is 79.9. The van der Waals surface area contributed by atoms with E-state index >= 15 is 0 Å². The third kappa shape index (κ3) is 7.37. The zero-order valence-electron chi connectivity index (χ0n) is 16.6. The monoisotopic (exact) mass is 533 g/mol. The Kier molecular flexibility index (Phi) is 8.67. The molecule has 0 aliphatic heterocycles. The summed E-state index contributed by atoms with van der Waals surface area (Å²) in [4.78, 5) is 24.0. The fourth-order valence-corrected chi connectivity index (χ4v) is 3.44. The molecule has 0 spiro atoms. The second-order valence-electron chi connectivity index (χ2n) is 6.61. The molecule has 2 amide bonds. The number of nitrogens with zero attached hydrogens (tertiary/aromatic N) is 1. The number of carbonyl (C=O) groups is 2. The quantitative estimate of drug-likeness (QED) is 0.297. The molecule has 0 unspecified atom stereocenters. The molecule has 2 N–H and O–H groups in total. The predicted molar refractivity (Wildman–Crippen MR) is 131 cm³/mol. The Balaban J connectivity index is 1.48. The molecule has 0 radical (unpaired) electrons. The van der Waals surface area contributed by atoms with E-state index < -0.39 is 0 Å². The first kappa shape index (κ1) is 23.8. The molecule has 32 heavy (non-hydrogen) atoms. The van der Waals surface area contributed by atoms with Crippen LogP contribution in [0.4, 0.5) is 5.69 Å². The third-order valence-corrected chi connectivity index (χ3v) is 5.49. The summed E-state index contributed by atoms with van der Waals surface area (Å²) in [6.45, 7) is -0.193. The first-order valence-electron chi connectivity index (χ1n) is 9.44. The van der Waals surface area contributed by atoms with Gasteiger partial charge in [0.15, 0.2) is 6.61 Å². The fourth-order valence-electron chi connectivity index (χ4n) is 2.63. The number of hydrogen-bond acceptors (Lipinski definition) is 4. The molecule has 0 saturated carbocycles. The van der Waals surface area contributed by atoms with E-state index in [4.69, 9.17) is 27.9 Å². The molecule has 3 aromatic rings. The van der Waals surface area contributed by atoms with E-state index in [0.29, 0.717) is 26.0 Å². The van der Waals surface area contributed by atoms with Crippen LogP contribution in [0.25, 0.3) is 0 Å². The summed E-state index contributed by atoms with van der Waals surface area (Å²) >= 11 is 15.2. The van der Waals surface area contributed by atoms with Crippen LogP contribution in [0.5, 0.6) is 5.75 Å². The highest BCUT2D eigenvalue weighted by molar-refractivity contribution is 9.10. The average Bonchev–Trinajstić information content (AvgIpc) is 2.76. The lowest BCUT2D eigenvalue weighted by Crippen LogP contribution is -2.20. The van der Waals surface area contributed by atoms with Crippen molar-refractivity contribution in [3.05, 3.63) is 92.4 Å². The molecule has 0 atom stereocenters. The van der Waals surface area contributed by atoms with E-state index in [1.807, 2.05) is 30.3 Å². The molecule has 164 valence electrons. The summed E-state index contributed by atoms with van der Waals surface area (Å²) < 4.78 is 6.19. The summed E-state index contributed by atoms with van der Waals surface area (Å²) in [6, 6.07) is 19.4. The summed E-state index contributed by atoms with van der Waals surface area (Å²) in [5.74, 6) is -0.0685. The van der Waals surface area contributed by atoms with Gasteiger partial charge in [-0.3, -0.25) is 9.59 Å². The van der Waals surface area contributed by atoms with Gasteiger partial charge in [-0.1, -0.05) is 53.5 Å². The van der Waals surface area contributed by atoms with Crippen molar-refractivity contribution in [2.24, 2.45) is 5.10 Å². The second-order valence-corrected chi connectivity index (χ2v) is 8.28. The number of anilines is 1. The van der Waals surface area contributed by atoms with Crippen molar-refractivity contribution in [1.82, 2.24) is 5.43 Å². The van der Waals surface area contributed by atoms with Gasteiger partial charge in [0.25, 0.3) is 5.91 Å². The van der Waals surface area contributed by atoms with Crippen LogP contribution in [0.1, 0.15) is 11.1 Å². The molecule has 0 bridgehead atoms. The van der Waals surface area contributed by atoms with E-state index in [0.717, 1.165) is 11.1 Å². The number of hydrogen-bond donors (Lipinski definition) is 2. The average molecular weight is 535 g/mol. The van der Waals surface area contributed by atoms with E-state index in [1.54, 1.807) is 36.4 Å². The molecule has 0 fully saturated rings. The van der Waals surface area contributed by atoms with E-state index in [2.05, 4.69) is 31.8 Å². The topological polar surface area (TPSA) is 79.8 Å². The summed E-state index contributed by atoms with van der Waals surface area (Å²) in [6.07, 6.45) is 1.77. The van der Waals surface area contributed by atoms with Crippen molar-refractivity contribution in [3.8, 4) is 5.75 Å². The predicted octanol–water partition coefficient (Wildman–Crippen LogP) is 5.47. The molecule has 0 aromatic heterocycles. The molecule has 9 heteroatoms. The maximum Gasteiger partial charge on any atom is 0.262 e. The lowest BCUT2D eigenvalue weighted by molar-refractivity contribution is -0.120. The van der Waals surface area contributed by atoms with Crippen molar-refractivity contribution >= 4 is 62.8 Å². The van der Waals surface area contributed by atoms with Gasteiger partial charge in [0.2, 0.25) is 5.91 Å². The zero-order valence-corrected chi connectivity index (χ0v) is 19.7. The van der Waals surface area contributed by atoms with Crippen LogP contribution in [0.15, 0.2) is 76.3 Å². The molecule has 0 aliphatic rings. The second kappa shape index (κ2) is 11.7. The van der Waals surface area contributed by atoms with Crippen LogP contribution in [-0.2, 0) is 16.0 Å². The van der Waals surface area contributed by atoms with Crippen molar-refractivity contribution in [3.63, 3.8) is 0 Å². The molecule has 0 saturated heterocycles. The molecule has 0 aliphatic carbocycles. The van der Waals surface area contributed by atoms with Crippen LogP contribution >= 0.6 is 39.1 Å².